The summed E-state index contributed by atoms with van der Waals surface area (Å²) >= 11 is 1.55. The van der Waals surface area contributed by atoms with Crippen molar-refractivity contribution < 1.29 is 53.5 Å². The molecule has 4 heteroatoms. The van der Waals surface area contributed by atoms with E-state index in [1.807, 2.05) is 42.5 Å². The maximum atomic E-state index is 5.18. The molecule has 1 aromatic heterocycles. The first-order valence-corrected chi connectivity index (χ1v) is 10.2. The van der Waals surface area contributed by atoms with Gasteiger partial charge in [0.05, 0.1) is 12.0 Å². The predicted molar refractivity (Wildman–Crippen MR) is 110 cm³/mol. The van der Waals surface area contributed by atoms with Crippen molar-refractivity contribution in [1.82, 2.24) is 0 Å². The Morgan fingerprint density at radius 1 is 0.966 bits per heavy atom. The van der Waals surface area contributed by atoms with E-state index in [1.54, 1.807) is 30.5 Å². The molecule has 1 aliphatic rings. The third-order valence-corrected chi connectivity index (χ3v) is 4.08. The summed E-state index contributed by atoms with van der Waals surface area (Å²) in [7, 11) is 0. The van der Waals surface area contributed by atoms with Gasteiger partial charge in [-0.05, 0) is 18.6 Å². The minimum atomic E-state index is 0. The fourth-order valence-corrected chi connectivity index (χ4v) is 2.98. The van der Waals surface area contributed by atoms with Gasteiger partial charge in [-0.2, -0.15) is 48.0 Å². The molecule has 0 spiro atoms. The number of halogens is 2. The van der Waals surface area contributed by atoms with Gasteiger partial charge in [0.15, 0.2) is 0 Å². The van der Waals surface area contributed by atoms with E-state index in [-0.39, 0.29) is 24.8 Å². The fraction of sp³-hybridized carbons (Fsp3) is 0.120. The van der Waals surface area contributed by atoms with Gasteiger partial charge in [0, 0.05) is 0 Å². The van der Waals surface area contributed by atoms with Crippen molar-refractivity contribution in [3.63, 3.8) is 0 Å². The Labute approximate surface area is 200 Å². The zero-order valence-electron chi connectivity index (χ0n) is 16.5. The fourth-order valence-electron chi connectivity index (χ4n) is 2.98. The van der Waals surface area contributed by atoms with E-state index in [0.29, 0.717) is 0 Å². The van der Waals surface area contributed by atoms with Crippen LogP contribution in [0.15, 0.2) is 89.5 Å². The van der Waals surface area contributed by atoms with Gasteiger partial charge in [-0.25, -0.2) is 6.07 Å². The maximum absolute atomic E-state index is 5.18. The molecule has 148 valence electrons. The van der Waals surface area contributed by atoms with E-state index in [4.69, 9.17) is 4.42 Å². The maximum Gasteiger partial charge on any atom is 0.0895 e. The molecule has 0 fully saturated rings. The summed E-state index contributed by atoms with van der Waals surface area (Å²) in [5.41, 5.74) is 6.65. The van der Waals surface area contributed by atoms with E-state index >= 15 is 0 Å². The van der Waals surface area contributed by atoms with Gasteiger partial charge in [-0.3, -0.25) is 0 Å². The summed E-state index contributed by atoms with van der Waals surface area (Å²) in [6, 6.07) is 30.0. The number of hydrogen-bond acceptors (Lipinski definition) is 1. The van der Waals surface area contributed by atoms with Crippen LogP contribution in [0.25, 0.3) is 22.5 Å². The molecular formula is C25H22Cl2OZr-2. The number of furan rings is 1. The third-order valence-electron chi connectivity index (χ3n) is 4.08. The molecular weight excluding hydrogens is 478 g/mol. The van der Waals surface area contributed by atoms with Crippen LogP contribution in [0.2, 0.25) is 0 Å². The van der Waals surface area contributed by atoms with Crippen LogP contribution in [-0.4, -0.2) is 3.21 Å². The molecule has 0 unspecified atom stereocenters. The molecule has 0 radical (unpaired) electrons. The normalized spacial score (nSPS) is 9.93. The average molecular weight is 501 g/mol. The van der Waals surface area contributed by atoms with Crippen molar-refractivity contribution in [2.75, 3.05) is 0 Å². The largest absolute Gasteiger partial charge is 1.00 e. The van der Waals surface area contributed by atoms with Crippen LogP contribution >= 0.6 is 0 Å². The van der Waals surface area contributed by atoms with E-state index in [0.717, 1.165) is 17.7 Å². The van der Waals surface area contributed by atoms with Gasteiger partial charge in [-0.15, -0.1) is 11.1 Å². The van der Waals surface area contributed by atoms with Crippen molar-refractivity contribution in [1.29, 1.82) is 0 Å². The molecule has 3 aromatic carbocycles. The molecule has 0 N–H and O–H groups in total. The molecule has 5 rings (SSSR count). The number of rotatable bonds is 1. The zero-order chi connectivity index (χ0) is 19.1. The molecule has 0 aliphatic heterocycles. The molecule has 4 aromatic rings. The monoisotopic (exact) mass is 498 g/mol. The Hall–Kier alpha value is -1.60. The Morgan fingerprint density at radius 3 is 2.34 bits per heavy atom. The molecule has 0 atom stereocenters. The van der Waals surface area contributed by atoms with Crippen LogP contribution < -0.4 is 24.8 Å². The summed E-state index contributed by atoms with van der Waals surface area (Å²) in [6.07, 6.45) is 2.73. The van der Waals surface area contributed by atoms with Gasteiger partial charge in [0.25, 0.3) is 0 Å². The van der Waals surface area contributed by atoms with Gasteiger partial charge < -0.3 is 29.2 Å². The minimum Gasteiger partial charge on any atom is -1.00 e. The quantitative estimate of drug-likeness (QED) is 0.305. The number of benzene rings is 2. The summed E-state index contributed by atoms with van der Waals surface area (Å²) in [4.78, 5) is 0. The summed E-state index contributed by atoms with van der Waals surface area (Å²) in [6.45, 7) is 4.25. The average Bonchev–Trinajstić information content (AvgIpc) is 3.41. The van der Waals surface area contributed by atoms with Crippen molar-refractivity contribution in [3.8, 4) is 22.5 Å². The smallest absolute Gasteiger partial charge is 0.0895 e. The van der Waals surface area contributed by atoms with E-state index < -0.39 is 0 Å². The van der Waals surface area contributed by atoms with Crippen molar-refractivity contribution >= 4 is 3.21 Å². The summed E-state index contributed by atoms with van der Waals surface area (Å²) in [5, 5.41) is 0. The second kappa shape index (κ2) is 12.9. The minimum absolute atomic E-state index is 0. The van der Waals surface area contributed by atoms with Crippen LogP contribution in [-0.2, 0) is 30.7 Å². The first-order chi connectivity index (χ1) is 13.1. The van der Waals surface area contributed by atoms with Crippen LogP contribution in [0.3, 0.4) is 0 Å². The van der Waals surface area contributed by atoms with E-state index in [9.17, 15) is 0 Å². The first-order valence-electron chi connectivity index (χ1n) is 9.00. The van der Waals surface area contributed by atoms with Crippen LogP contribution in [0.1, 0.15) is 25.0 Å². The second-order valence-electron chi connectivity index (χ2n) is 6.55. The molecule has 0 bridgehead atoms. The van der Waals surface area contributed by atoms with Crippen molar-refractivity contribution in [2.45, 2.75) is 20.3 Å². The van der Waals surface area contributed by atoms with Crippen molar-refractivity contribution in [3.05, 3.63) is 102 Å². The van der Waals surface area contributed by atoms with Gasteiger partial charge in [0.2, 0.25) is 0 Å². The molecule has 1 nitrogen and oxygen atoms in total. The molecule has 1 aliphatic carbocycles. The molecule has 29 heavy (non-hydrogen) atoms. The Balaban J connectivity index is 0.000000237. The van der Waals surface area contributed by atoms with Crippen LogP contribution in [0.5, 0.6) is 0 Å². The molecule has 0 saturated carbocycles. The predicted octanol–water partition coefficient (Wildman–Crippen LogP) is 0.477. The van der Waals surface area contributed by atoms with E-state index in [2.05, 4.69) is 56.3 Å². The van der Waals surface area contributed by atoms with Gasteiger partial charge in [-0.1, -0.05) is 35.4 Å². The zero-order valence-corrected chi connectivity index (χ0v) is 20.4. The standard InChI is InChI=1S/C13H9.C9H7O.C3H6.2ClH.Zr/c1-3-7-12-10(5-1)9-11-6-2-4-8-13(11)12;1-2-5-8(4-1)9-6-3-7-10-9;1-3-2;;;/h1-5,7-8H,9H2;1-7H;1-2H3;2*1H;/q2*-1;;;;+2/p-2. The first kappa shape index (κ1) is 25.4. The Morgan fingerprint density at radius 2 is 1.69 bits per heavy atom. The number of fused-ring (bicyclic) bond motifs is 3. The third kappa shape index (κ3) is 7.30. The van der Waals surface area contributed by atoms with Crippen LogP contribution in [0, 0.1) is 6.07 Å². The molecule has 0 saturated heterocycles. The topological polar surface area (TPSA) is 13.1 Å². The summed E-state index contributed by atoms with van der Waals surface area (Å²) < 4.78 is 6.68. The second-order valence-corrected chi connectivity index (χ2v) is 9.01. The van der Waals surface area contributed by atoms with Crippen LogP contribution in [0.4, 0.5) is 0 Å². The van der Waals surface area contributed by atoms with E-state index in [1.165, 1.54) is 25.5 Å². The van der Waals surface area contributed by atoms with Gasteiger partial charge >= 0.3 is 41.3 Å². The molecule has 0 amide bonds. The Kier molecular flexibility index (Phi) is 11.3. The Bertz CT molecular complexity index is 910. The van der Waals surface area contributed by atoms with Gasteiger partial charge in [0.1, 0.15) is 0 Å². The van der Waals surface area contributed by atoms with Crippen molar-refractivity contribution in [2.24, 2.45) is 0 Å². The SMILES string of the molecule is C[C](C)=[Zr+2].[Cl-].[Cl-].[c-]1cccc2c1Cc1ccccc1-2.c1coc(-c2cc[cH-]c2)c1. The summed E-state index contributed by atoms with van der Waals surface area (Å²) in [5.74, 6) is 0.935. The molecule has 1 heterocycles. The number of hydrogen-bond donors (Lipinski definition) is 0.